The molecule has 0 bridgehead atoms. The zero-order valence-electron chi connectivity index (χ0n) is 33.5. The molecule has 2 N–H and O–H groups in total. The molecular weight excluding hydrogens is 676 g/mol. The van der Waals surface area contributed by atoms with Crippen molar-refractivity contribution in [1.82, 2.24) is 20.4 Å². The number of ether oxygens (including phenoxy) is 1. The molecule has 0 radical (unpaired) electrons. The average molecular weight is 739 g/mol. The molecule has 4 amide bonds. The first-order chi connectivity index (χ1) is 24.7. The second-order valence-corrected chi connectivity index (χ2v) is 17.2. The Kier molecular flexibility index (Phi) is 15.0. The predicted octanol–water partition coefficient (Wildman–Crippen LogP) is 5.43. The van der Waals surface area contributed by atoms with Crippen LogP contribution in [0, 0.1) is 29.1 Å². The minimum absolute atomic E-state index is 0.0212. The molecule has 53 heavy (non-hydrogen) atoms. The first-order valence-corrected chi connectivity index (χ1v) is 19.1. The van der Waals surface area contributed by atoms with E-state index < -0.39 is 58.6 Å². The van der Waals surface area contributed by atoms with E-state index in [1.54, 1.807) is 70.1 Å². The molecule has 12 nitrogen and oxygen atoms in total. The van der Waals surface area contributed by atoms with Crippen molar-refractivity contribution < 1.29 is 38.3 Å². The van der Waals surface area contributed by atoms with E-state index in [0.29, 0.717) is 18.5 Å². The SMILES string of the molecule is CCC.CN(C)C(=O)[C@@H](NC(=O)CCC(=O)C(=O)C(CC(=O)[C@@H]1[C@H]2C[C@H]2CN1C(=O)[C@@H](NC(=O)OC(C)(C)C)C(C)(C)C)CC1CC1)c1ccccc1. The summed E-state index contributed by atoms with van der Waals surface area (Å²) < 4.78 is 5.42. The summed E-state index contributed by atoms with van der Waals surface area (Å²) >= 11 is 0. The van der Waals surface area contributed by atoms with E-state index in [0.717, 1.165) is 19.3 Å². The van der Waals surface area contributed by atoms with Gasteiger partial charge in [-0.2, -0.15) is 0 Å². The second-order valence-electron chi connectivity index (χ2n) is 17.2. The summed E-state index contributed by atoms with van der Waals surface area (Å²) in [6, 6.07) is 6.14. The number of nitrogens with one attached hydrogen (secondary N) is 2. The van der Waals surface area contributed by atoms with Crippen LogP contribution in [0.5, 0.6) is 0 Å². The van der Waals surface area contributed by atoms with Crippen molar-refractivity contribution in [1.29, 1.82) is 0 Å². The summed E-state index contributed by atoms with van der Waals surface area (Å²) in [7, 11) is 3.17. The van der Waals surface area contributed by atoms with Crippen LogP contribution in [-0.2, 0) is 33.5 Å². The first-order valence-electron chi connectivity index (χ1n) is 19.1. The molecule has 3 fully saturated rings. The van der Waals surface area contributed by atoms with E-state index in [1.165, 1.54) is 11.3 Å². The van der Waals surface area contributed by atoms with Crippen molar-refractivity contribution in [3.05, 3.63) is 35.9 Å². The van der Waals surface area contributed by atoms with Gasteiger partial charge in [0.2, 0.25) is 23.5 Å². The Balaban J connectivity index is 0.00000243. The Labute approximate surface area is 315 Å². The van der Waals surface area contributed by atoms with Crippen molar-refractivity contribution in [3.63, 3.8) is 0 Å². The van der Waals surface area contributed by atoms with Crippen molar-refractivity contribution in [2.24, 2.45) is 29.1 Å². The number of Topliss-reactive ketones (excluding diaryl/α,β-unsaturated/α-hetero) is 3. The summed E-state index contributed by atoms with van der Waals surface area (Å²) in [6.07, 6.45) is 2.75. The fourth-order valence-electron chi connectivity index (χ4n) is 6.75. The van der Waals surface area contributed by atoms with E-state index in [4.69, 9.17) is 4.74 Å². The van der Waals surface area contributed by atoms with Gasteiger partial charge in [-0.25, -0.2) is 4.79 Å². The van der Waals surface area contributed by atoms with Crippen LogP contribution in [0.3, 0.4) is 0 Å². The maximum atomic E-state index is 14.0. The predicted molar refractivity (Wildman–Crippen MR) is 201 cm³/mol. The molecule has 1 unspecified atom stereocenters. The zero-order chi connectivity index (χ0) is 39.8. The molecule has 1 heterocycles. The lowest BCUT2D eigenvalue weighted by molar-refractivity contribution is -0.144. The summed E-state index contributed by atoms with van der Waals surface area (Å²) in [5.41, 5.74) is -0.848. The van der Waals surface area contributed by atoms with Crippen LogP contribution in [0.4, 0.5) is 4.79 Å². The number of benzene rings is 1. The lowest BCUT2D eigenvalue weighted by Crippen LogP contribution is -2.58. The number of likely N-dealkylation sites (N-methyl/N-ethyl adjacent to an activating group) is 1. The van der Waals surface area contributed by atoms with Gasteiger partial charge in [-0.15, -0.1) is 0 Å². The molecular formula is C41H62N4O8. The van der Waals surface area contributed by atoms with E-state index in [2.05, 4.69) is 24.5 Å². The van der Waals surface area contributed by atoms with E-state index in [9.17, 15) is 33.6 Å². The van der Waals surface area contributed by atoms with Gasteiger partial charge >= 0.3 is 6.09 Å². The van der Waals surface area contributed by atoms with Crippen LogP contribution < -0.4 is 10.6 Å². The molecule has 1 aliphatic heterocycles. The summed E-state index contributed by atoms with van der Waals surface area (Å²) in [5, 5.41) is 5.42. The summed E-state index contributed by atoms with van der Waals surface area (Å²) in [4.78, 5) is 96.1. The van der Waals surface area contributed by atoms with E-state index in [1.807, 2.05) is 20.8 Å². The van der Waals surface area contributed by atoms with Gasteiger partial charge < -0.3 is 25.2 Å². The Morgan fingerprint density at radius 3 is 2.04 bits per heavy atom. The maximum absolute atomic E-state index is 14.0. The average Bonchev–Trinajstić information content (AvgIpc) is 4.01. The van der Waals surface area contributed by atoms with Crippen molar-refractivity contribution in [2.75, 3.05) is 20.6 Å². The number of fused-ring (bicyclic) bond motifs is 1. The van der Waals surface area contributed by atoms with Gasteiger partial charge in [0, 0.05) is 45.8 Å². The molecule has 12 heteroatoms. The fourth-order valence-corrected chi connectivity index (χ4v) is 6.75. The number of hydrogen-bond acceptors (Lipinski definition) is 8. The molecule has 294 valence electrons. The molecule has 2 saturated carbocycles. The third-order valence-corrected chi connectivity index (χ3v) is 9.65. The molecule has 1 saturated heterocycles. The number of piperidine rings is 1. The first kappa shape index (κ1) is 43.3. The lowest BCUT2D eigenvalue weighted by Gasteiger charge is -2.37. The van der Waals surface area contributed by atoms with Crippen molar-refractivity contribution in [2.45, 2.75) is 130 Å². The van der Waals surface area contributed by atoms with Gasteiger partial charge in [0.15, 0.2) is 11.6 Å². The van der Waals surface area contributed by atoms with Crippen molar-refractivity contribution >= 4 is 41.2 Å². The number of hydrogen-bond donors (Lipinski definition) is 2. The van der Waals surface area contributed by atoms with Crippen LogP contribution in [0.15, 0.2) is 30.3 Å². The van der Waals surface area contributed by atoms with Crippen LogP contribution in [0.25, 0.3) is 0 Å². The van der Waals surface area contributed by atoms with Gasteiger partial charge in [0.05, 0.1) is 6.04 Å². The van der Waals surface area contributed by atoms with E-state index >= 15 is 0 Å². The van der Waals surface area contributed by atoms with Gasteiger partial charge in [-0.05, 0) is 62.3 Å². The number of amides is 4. The van der Waals surface area contributed by atoms with Crippen LogP contribution >= 0.6 is 0 Å². The zero-order valence-corrected chi connectivity index (χ0v) is 33.5. The normalized spacial score (nSPS) is 20.7. The second kappa shape index (κ2) is 18.3. The number of carbonyl (C=O) groups is 7. The highest BCUT2D eigenvalue weighted by molar-refractivity contribution is 6.38. The Morgan fingerprint density at radius 1 is 0.906 bits per heavy atom. The monoisotopic (exact) mass is 738 g/mol. The lowest BCUT2D eigenvalue weighted by atomic mass is 9.84. The number of ketones is 3. The van der Waals surface area contributed by atoms with Gasteiger partial charge in [-0.1, -0.05) is 84.2 Å². The maximum Gasteiger partial charge on any atom is 0.408 e. The molecule has 0 aromatic heterocycles. The van der Waals surface area contributed by atoms with Gasteiger partial charge in [0.1, 0.15) is 17.7 Å². The van der Waals surface area contributed by atoms with Crippen molar-refractivity contribution in [3.8, 4) is 0 Å². The molecule has 2 aliphatic carbocycles. The van der Waals surface area contributed by atoms with Crippen LogP contribution in [0.1, 0.15) is 118 Å². The molecule has 0 spiro atoms. The van der Waals surface area contributed by atoms with Gasteiger partial charge in [-0.3, -0.25) is 28.8 Å². The largest absolute Gasteiger partial charge is 0.444 e. The number of carbonyl (C=O) groups excluding carboxylic acids is 7. The highest BCUT2D eigenvalue weighted by atomic mass is 16.6. The minimum Gasteiger partial charge on any atom is -0.444 e. The quantitative estimate of drug-likeness (QED) is 0.226. The third kappa shape index (κ3) is 12.8. The Bertz CT molecular complexity index is 1490. The highest BCUT2D eigenvalue weighted by Crippen LogP contribution is 2.51. The Morgan fingerprint density at radius 2 is 1.51 bits per heavy atom. The smallest absolute Gasteiger partial charge is 0.408 e. The number of likely N-dealkylation sites (tertiary alicyclic amines) is 1. The summed E-state index contributed by atoms with van der Waals surface area (Å²) in [6.45, 7) is 15.3. The molecule has 6 atom stereocenters. The third-order valence-electron chi connectivity index (χ3n) is 9.65. The number of alkyl carbamates (subject to hydrolysis) is 1. The number of nitrogens with zero attached hydrogens (tertiary/aromatic N) is 2. The molecule has 4 rings (SSSR count). The van der Waals surface area contributed by atoms with E-state index in [-0.39, 0.29) is 54.6 Å². The minimum atomic E-state index is -0.948. The fraction of sp³-hybridized carbons (Fsp3) is 0.683. The molecule has 1 aromatic rings. The van der Waals surface area contributed by atoms with Crippen LogP contribution in [0.2, 0.25) is 0 Å². The highest BCUT2D eigenvalue weighted by Gasteiger charge is 2.58. The number of rotatable bonds is 15. The summed E-state index contributed by atoms with van der Waals surface area (Å²) in [5.74, 6) is -3.36. The molecule has 3 aliphatic rings. The van der Waals surface area contributed by atoms with Crippen LogP contribution in [-0.4, -0.2) is 89.3 Å². The topological polar surface area (TPSA) is 159 Å². The Hall–Kier alpha value is -4.09. The van der Waals surface area contributed by atoms with Gasteiger partial charge in [0.25, 0.3) is 0 Å². The standard InChI is InChI=1S/C38H54N4O8.C3H8/c1-37(2,3)33(40-36(49)50-38(4,5)6)35(48)42-21-25-19-26(25)31(42)28(44)20-24(18-22-14-15-22)32(46)27(43)16-17-29(45)39-30(34(47)41(7)8)23-12-10-9-11-13-23;1-3-2/h9-13,22,24-26,30-31,33H,14-21H2,1-8H3,(H,39,45)(H,40,49);3H2,1-2H3/t24?,25-,26-,30-,31-,33+;/m0./s1. The molecule has 1 aromatic carbocycles.